The Hall–Kier alpha value is -1.88. The van der Waals surface area contributed by atoms with Gasteiger partial charge in [0.1, 0.15) is 12.2 Å². The lowest BCUT2D eigenvalue weighted by Gasteiger charge is -2.48. The molecule has 2 saturated heterocycles. The van der Waals surface area contributed by atoms with Crippen LogP contribution in [-0.2, 0) is 14.3 Å². The molecule has 136 valence electrons. The van der Waals surface area contributed by atoms with Gasteiger partial charge in [-0.1, -0.05) is 39.0 Å². The Bertz CT molecular complexity index is 638. The summed E-state index contributed by atoms with van der Waals surface area (Å²) in [6.07, 6.45) is 2.32. The Morgan fingerprint density at radius 1 is 1.20 bits per heavy atom. The Morgan fingerprint density at radius 3 is 2.60 bits per heavy atom. The number of morpholine rings is 1. The van der Waals surface area contributed by atoms with Crippen LogP contribution in [-0.4, -0.2) is 48.6 Å². The van der Waals surface area contributed by atoms with Gasteiger partial charge in [-0.2, -0.15) is 0 Å². The molecular formula is C20H28N2O3. The standard InChI is InChI=1S/C20H28N2O3/c1-19(2,3)12-17(23)21-11-7-10-20(14-21)15-22(18(24)13-25-20)16-8-5-4-6-9-16/h4-6,8-9H,7,10-15H2,1-3H3. The van der Waals surface area contributed by atoms with Crippen molar-refractivity contribution in [3.8, 4) is 0 Å². The minimum absolute atomic E-state index is 0.0185. The van der Waals surface area contributed by atoms with Crippen molar-refractivity contribution in [2.24, 2.45) is 5.41 Å². The molecule has 2 fully saturated rings. The molecule has 2 aliphatic rings. The van der Waals surface area contributed by atoms with Gasteiger partial charge in [0.25, 0.3) is 5.91 Å². The Morgan fingerprint density at radius 2 is 1.92 bits per heavy atom. The second kappa shape index (κ2) is 6.79. The summed E-state index contributed by atoms with van der Waals surface area (Å²) in [5.74, 6) is 0.160. The van der Waals surface area contributed by atoms with Crippen molar-refractivity contribution in [1.29, 1.82) is 0 Å². The molecule has 25 heavy (non-hydrogen) atoms. The van der Waals surface area contributed by atoms with Crippen LogP contribution < -0.4 is 4.90 Å². The topological polar surface area (TPSA) is 49.9 Å². The van der Waals surface area contributed by atoms with E-state index < -0.39 is 5.60 Å². The van der Waals surface area contributed by atoms with Crippen molar-refractivity contribution in [2.45, 2.75) is 45.6 Å². The van der Waals surface area contributed by atoms with Gasteiger partial charge in [0.15, 0.2) is 0 Å². The SMILES string of the molecule is CC(C)(C)CC(=O)N1CCCC2(C1)CN(c1ccccc1)C(=O)CO2. The summed E-state index contributed by atoms with van der Waals surface area (Å²) < 4.78 is 6.00. The molecule has 0 N–H and O–H groups in total. The van der Waals surface area contributed by atoms with E-state index in [1.54, 1.807) is 4.90 Å². The zero-order chi connectivity index (χ0) is 18.1. The number of ether oxygens (including phenoxy) is 1. The maximum Gasteiger partial charge on any atom is 0.253 e. The molecule has 1 aromatic carbocycles. The lowest BCUT2D eigenvalue weighted by molar-refractivity contribution is -0.154. The van der Waals surface area contributed by atoms with Gasteiger partial charge in [-0.3, -0.25) is 9.59 Å². The van der Waals surface area contributed by atoms with Gasteiger partial charge in [-0.15, -0.1) is 0 Å². The number of benzene rings is 1. The van der Waals surface area contributed by atoms with Crippen LogP contribution in [0.3, 0.4) is 0 Å². The molecule has 0 aromatic heterocycles. The molecule has 1 atom stereocenters. The van der Waals surface area contributed by atoms with Gasteiger partial charge in [0.05, 0.1) is 13.1 Å². The highest BCUT2D eigenvalue weighted by molar-refractivity contribution is 5.95. The van der Waals surface area contributed by atoms with E-state index in [4.69, 9.17) is 4.74 Å². The fourth-order valence-electron chi connectivity index (χ4n) is 3.68. The van der Waals surface area contributed by atoms with Gasteiger partial charge < -0.3 is 14.5 Å². The van der Waals surface area contributed by atoms with Gasteiger partial charge in [-0.05, 0) is 30.4 Å². The van der Waals surface area contributed by atoms with Gasteiger partial charge in [0.2, 0.25) is 5.91 Å². The van der Waals surface area contributed by atoms with E-state index in [1.807, 2.05) is 35.2 Å². The average molecular weight is 344 g/mol. The van der Waals surface area contributed by atoms with Gasteiger partial charge in [-0.25, -0.2) is 0 Å². The fourth-order valence-corrected chi connectivity index (χ4v) is 3.68. The molecule has 5 nitrogen and oxygen atoms in total. The van der Waals surface area contributed by atoms with Crippen molar-refractivity contribution in [2.75, 3.05) is 31.1 Å². The number of likely N-dealkylation sites (tertiary alicyclic amines) is 1. The maximum atomic E-state index is 12.6. The van der Waals surface area contributed by atoms with Crippen LogP contribution >= 0.6 is 0 Å². The van der Waals surface area contributed by atoms with Crippen LogP contribution in [0.15, 0.2) is 30.3 Å². The van der Waals surface area contributed by atoms with Crippen molar-refractivity contribution in [3.63, 3.8) is 0 Å². The number of piperidine rings is 1. The number of rotatable bonds is 2. The van der Waals surface area contributed by atoms with E-state index in [-0.39, 0.29) is 23.8 Å². The number of carbonyl (C=O) groups is 2. The van der Waals surface area contributed by atoms with Crippen LogP contribution in [0, 0.1) is 5.41 Å². The third kappa shape index (κ3) is 4.21. The molecule has 2 aliphatic heterocycles. The largest absolute Gasteiger partial charge is 0.361 e. The first-order valence-corrected chi connectivity index (χ1v) is 9.05. The minimum atomic E-state index is -0.449. The summed E-state index contributed by atoms with van der Waals surface area (Å²) in [7, 11) is 0. The predicted octanol–water partition coefficient (Wildman–Crippen LogP) is 2.85. The van der Waals surface area contributed by atoms with E-state index in [1.165, 1.54) is 0 Å². The molecule has 0 saturated carbocycles. The van der Waals surface area contributed by atoms with Gasteiger partial charge >= 0.3 is 0 Å². The molecule has 5 heteroatoms. The maximum absolute atomic E-state index is 12.6. The molecule has 1 unspecified atom stereocenters. The number of anilines is 1. The van der Waals surface area contributed by atoms with E-state index >= 15 is 0 Å². The Labute approximate surface area is 149 Å². The van der Waals surface area contributed by atoms with Crippen LogP contribution in [0.2, 0.25) is 0 Å². The molecule has 1 spiro atoms. The van der Waals surface area contributed by atoms with E-state index in [9.17, 15) is 9.59 Å². The summed E-state index contributed by atoms with van der Waals surface area (Å²) in [6.45, 7) is 8.18. The number of amides is 2. The molecule has 2 heterocycles. The molecule has 0 radical (unpaired) electrons. The molecular weight excluding hydrogens is 316 g/mol. The first-order chi connectivity index (χ1) is 11.8. The molecule has 0 aliphatic carbocycles. The Kier molecular flexibility index (Phi) is 4.87. The third-order valence-electron chi connectivity index (χ3n) is 4.89. The average Bonchev–Trinajstić information content (AvgIpc) is 2.57. The third-order valence-corrected chi connectivity index (χ3v) is 4.89. The van der Waals surface area contributed by atoms with Crippen LogP contribution in [0.25, 0.3) is 0 Å². The zero-order valence-corrected chi connectivity index (χ0v) is 15.5. The number of nitrogens with zero attached hydrogens (tertiary/aromatic N) is 2. The lowest BCUT2D eigenvalue weighted by atomic mass is 9.88. The molecule has 2 amide bonds. The Balaban J connectivity index is 1.74. The highest BCUT2D eigenvalue weighted by atomic mass is 16.5. The van der Waals surface area contributed by atoms with Crippen LogP contribution in [0.1, 0.15) is 40.0 Å². The number of hydrogen-bond donors (Lipinski definition) is 0. The number of carbonyl (C=O) groups excluding carboxylic acids is 2. The van der Waals surface area contributed by atoms with Crippen LogP contribution in [0.4, 0.5) is 5.69 Å². The van der Waals surface area contributed by atoms with E-state index in [0.717, 1.165) is 25.1 Å². The predicted molar refractivity (Wildman–Crippen MR) is 97.4 cm³/mol. The fraction of sp³-hybridized carbons (Fsp3) is 0.600. The minimum Gasteiger partial charge on any atom is -0.361 e. The van der Waals surface area contributed by atoms with Crippen molar-refractivity contribution >= 4 is 17.5 Å². The van der Waals surface area contributed by atoms with Crippen molar-refractivity contribution < 1.29 is 14.3 Å². The molecule has 3 rings (SSSR count). The monoisotopic (exact) mass is 344 g/mol. The lowest BCUT2D eigenvalue weighted by Crippen LogP contribution is -2.62. The van der Waals surface area contributed by atoms with Crippen molar-refractivity contribution in [1.82, 2.24) is 4.90 Å². The summed E-state index contributed by atoms with van der Waals surface area (Å²) >= 11 is 0. The van der Waals surface area contributed by atoms with E-state index in [2.05, 4.69) is 20.8 Å². The van der Waals surface area contributed by atoms with Gasteiger partial charge in [0, 0.05) is 18.7 Å². The first kappa shape index (κ1) is 17.9. The summed E-state index contributed by atoms with van der Waals surface area (Å²) in [4.78, 5) is 28.7. The van der Waals surface area contributed by atoms with Crippen molar-refractivity contribution in [3.05, 3.63) is 30.3 Å². The highest BCUT2D eigenvalue weighted by Crippen LogP contribution is 2.32. The molecule has 0 bridgehead atoms. The first-order valence-electron chi connectivity index (χ1n) is 9.05. The second-order valence-electron chi connectivity index (χ2n) is 8.44. The number of hydrogen-bond acceptors (Lipinski definition) is 3. The summed E-state index contributed by atoms with van der Waals surface area (Å²) in [5.41, 5.74) is 0.421. The van der Waals surface area contributed by atoms with Crippen LogP contribution in [0.5, 0.6) is 0 Å². The number of para-hydroxylation sites is 1. The zero-order valence-electron chi connectivity index (χ0n) is 15.5. The normalized spacial score (nSPS) is 24.7. The quantitative estimate of drug-likeness (QED) is 0.829. The van der Waals surface area contributed by atoms with E-state index in [0.29, 0.717) is 19.5 Å². The second-order valence-corrected chi connectivity index (χ2v) is 8.44. The molecule has 1 aromatic rings. The highest BCUT2D eigenvalue weighted by Gasteiger charge is 2.44. The summed E-state index contributed by atoms with van der Waals surface area (Å²) in [5, 5.41) is 0. The smallest absolute Gasteiger partial charge is 0.253 e. The summed E-state index contributed by atoms with van der Waals surface area (Å²) in [6, 6.07) is 9.71.